The molecule has 1 saturated heterocycles. The van der Waals surface area contributed by atoms with Crippen LogP contribution in [0.5, 0.6) is 0 Å². The third-order valence-corrected chi connectivity index (χ3v) is 8.64. The van der Waals surface area contributed by atoms with Crippen molar-refractivity contribution >= 4 is 40.7 Å². The standard InChI is InChI=1S/C33H20ClF2NO3/c34-20-12-15-26-19(17-20)11-16-27-33(31(39)22-5-1-2-6-23(22)32(33)40)28(24-7-3-4-8-25(24)36)29(37(26)27)30(38)18-9-13-21(35)14-10-18/h1-17,27-29H/t27-,28-,29-/m1/s1. The molecule has 2 heterocycles. The Hall–Kier alpha value is -4.42. The maximum absolute atomic E-state index is 15.7. The molecule has 1 aliphatic carbocycles. The van der Waals surface area contributed by atoms with Crippen LogP contribution in [0.2, 0.25) is 5.02 Å². The van der Waals surface area contributed by atoms with Crippen molar-refractivity contribution in [3.05, 3.63) is 142 Å². The Morgan fingerprint density at radius 2 is 1.48 bits per heavy atom. The molecule has 0 N–H and O–H groups in total. The summed E-state index contributed by atoms with van der Waals surface area (Å²) in [5.74, 6) is -3.68. The summed E-state index contributed by atoms with van der Waals surface area (Å²) < 4.78 is 29.6. The van der Waals surface area contributed by atoms with Gasteiger partial charge in [0.25, 0.3) is 0 Å². The molecule has 40 heavy (non-hydrogen) atoms. The average Bonchev–Trinajstić information content (AvgIpc) is 3.39. The van der Waals surface area contributed by atoms with Gasteiger partial charge in [-0.05, 0) is 59.7 Å². The lowest BCUT2D eigenvalue weighted by molar-refractivity contribution is 0.0664. The monoisotopic (exact) mass is 551 g/mol. The summed E-state index contributed by atoms with van der Waals surface area (Å²) in [4.78, 5) is 45.2. The molecule has 4 aromatic carbocycles. The van der Waals surface area contributed by atoms with Crippen LogP contribution in [0.1, 0.15) is 48.1 Å². The third kappa shape index (κ3) is 3.20. The van der Waals surface area contributed by atoms with Gasteiger partial charge in [-0.3, -0.25) is 14.4 Å². The minimum atomic E-state index is -1.82. The zero-order valence-corrected chi connectivity index (χ0v) is 21.6. The fourth-order valence-corrected chi connectivity index (χ4v) is 6.98. The summed E-state index contributed by atoms with van der Waals surface area (Å²) >= 11 is 6.29. The first-order valence-corrected chi connectivity index (χ1v) is 13.2. The largest absolute Gasteiger partial charge is 0.352 e. The van der Waals surface area contributed by atoms with Crippen LogP contribution in [-0.4, -0.2) is 29.4 Å². The number of halogens is 3. The molecule has 0 amide bonds. The maximum atomic E-state index is 15.7. The zero-order chi connectivity index (χ0) is 27.8. The first kappa shape index (κ1) is 24.6. The number of hydrogen-bond donors (Lipinski definition) is 0. The number of fused-ring (bicyclic) bond motifs is 5. The smallest absolute Gasteiger partial charge is 0.185 e. The van der Waals surface area contributed by atoms with Crippen molar-refractivity contribution in [3.8, 4) is 0 Å². The number of carbonyl (C=O) groups excluding carboxylic acids is 3. The molecule has 7 rings (SSSR count). The lowest BCUT2D eigenvalue weighted by Gasteiger charge is -2.37. The van der Waals surface area contributed by atoms with Crippen LogP contribution < -0.4 is 4.90 Å². The number of carbonyl (C=O) groups is 3. The van der Waals surface area contributed by atoms with Gasteiger partial charge in [0, 0.05) is 33.3 Å². The first-order chi connectivity index (χ1) is 19.3. The highest BCUT2D eigenvalue weighted by Crippen LogP contribution is 2.61. The molecule has 0 bridgehead atoms. The van der Waals surface area contributed by atoms with Crippen LogP contribution in [-0.2, 0) is 0 Å². The SMILES string of the molecule is O=C(c1ccc(F)cc1)[C@H]1[C@@H](c2ccccc2F)C2(C(=O)c3ccccc3C2=O)[C@H]2C=Cc3cc(Cl)ccc3N12. The van der Waals surface area contributed by atoms with Crippen molar-refractivity contribution in [3.63, 3.8) is 0 Å². The van der Waals surface area contributed by atoms with E-state index in [0.717, 1.165) is 0 Å². The second kappa shape index (κ2) is 8.80. The Morgan fingerprint density at radius 1 is 0.825 bits per heavy atom. The molecular weight excluding hydrogens is 532 g/mol. The molecule has 1 fully saturated rings. The van der Waals surface area contributed by atoms with Gasteiger partial charge in [0.2, 0.25) is 0 Å². The van der Waals surface area contributed by atoms with E-state index in [2.05, 4.69) is 0 Å². The highest BCUT2D eigenvalue weighted by molar-refractivity contribution is 6.32. The van der Waals surface area contributed by atoms with Gasteiger partial charge < -0.3 is 4.90 Å². The number of anilines is 1. The second-order valence-corrected chi connectivity index (χ2v) is 10.7. The maximum Gasteiger partial charge on any atom is 0.185 e. The van der Waals surface area contributed by atoms with Crippen molar-refractivity contribution in [2.24, 2.45) is 5.41 Å². The normalized spacial score (nSPS) is 21.9. The summed E-state index contributed by atoms with van der Waals surface area (Å²) in [6, 6.07) is 20.7. The fraction of sp³-hybridized carbons (Fsp3) is 0.121. The summed E-state index contributed by atoms with van der Waals surface area (Å²) in [6.45, 7) is 0. The fourth-order valence-electron chi connectivity index (χ4n) is 6.80. The molecule has 0 aromatic heterocycles. The number of Topliss-reactive ketones (excluding diaryl/α,β-unsaturated/α-hetero) is 3. The zero-order valence-electron chi connectivity index (χ0n) is 20.9. The van der Waals surface area contributed by atoms with Gasteiger partial charge in [0.15, 0.2) is 17.3 Å². The molecule has 3 atom stereocenters. The minimum absolute atomic E-state index is 0.0933. The molecule has 2 aliphatic heterocycles. The van der Waals surface area contributed by atoms with Crippen molar-refractivity contribution in [1.82, 2.24) is 0 Å². The number of nitrogens with zero attached hydrogens (tertiary/aromatic N) is 1. The summed E-state index contributed by atoms with van der Waals surface area (Å²) in [5, 5.41) is 0.475. The predicted molar refractivity (Wildman–Crippen MR) is 148 cm³/mol. The topological polar surface area (TPSA) is 54.5 Å². The molecule has 7 heteroatoms. The highest BCUT2D eigenvalue weighted by Gasteiger charge is 2.71. The number of benzene rings is 4. The first-order valence-electron chi connectivity index (χ1n) is 12.8. The van der Waals surface area contributed by atoms with E-state index >= 15 is 4.39 Å². The molecule has 3 aliphatic rings. The quantitative estimate of drug-likeness (QED) is 0.204. The van der Waals surface area contributed by atoms with Crippen molar-refractivity contribution in [1.29, 1.82) is 0 Å². The molecule has 4 nitrogen and oxygen atoms in total. The van der Waals surface area contributed by atoms with Gasteiger partial charge in [0.1, 0.15) is 23.1 Å². The van der Waals surface area contributed by atoms with E-state index in [9.17, 15) is 18.8 Å². The van der Waals surface area contributed by atoms with E-state index < -0.39 is 52.4 Å². The third-order valence-electron chi connectivity index (χ3n) is 8.40. The molecular formula is C33H20ClF2NO3. The van der Waals surface area contributed by atoms with Gasteiger partial charge >= 0.3 is 0 Å². The molecule has 196 valence electrons. The molecule has 1 spiro atoms. The van der Waals surface area contributed by atoms with Crippen LogP contribution in [0, 0.1) is 17.0 Å². The van der Waals surface area contributed by atoms with Crippen molar-refractivity contribution in [2.75, 3.05) is 4.90 Å². The Morgan fingerprint density at radius 3 is 2.15 bits per heavy atom. The van der Waals surface area contributed by atoms with Crippen LogP contribution in [0.4, 0.5) is 14.5 Å². The number of hydrogen-bond acceptors (Lipinski definition) is 4. The number of ketones is 3. The van der Waals surface area contributed by atoms with E-state index in [1.165, 1.54) is 42.5 Å². The van der Waals surface area contributed by atoms with Crippen LogP contribution in [0.15, 0.2) is 97.1 Å². The minimum Gasteiger partial charge on any atom is -0.352 e. The molecule has 4 aromatic rings. The Bertz CT molecular complexity index is 1750. The van der Waals surface area contributed by atoms with Gasteiger partial charge in [-0.1, -0.05) is 66.2 Å². The lowest BCUT2D eigenvalue weighted by Crippen LogP contribution is -2.48. The van der Waals surface area contributed by atoms with Gasteiger partial charge in [-0.25, -0.2) is 8.78 Å². The molecule has 0 radical (unpaired) electrons. The van der Waals surface area contributed by atoms with E-state index in [-0.39, 0.29) is 22.3 Å². The summed E-state index contributed by atoms with van der Waals surface area (Å²) in [7, 11) is 0. The molecule has 0 saturated carbocycles. The van der Waals surface area contributed by atoms with E-state index in [4.69, 9.17) is 11.6 Å². The Balaban J connectivity index is 1.56. The van der Waals surface area contributed by atoms with Gasteiger partial charge in [-0.15, -0.1) is 0 Å². The predicted octanol–water partition coefficient (Wildman–Crippen LogP) is 6.93. The Labute approximate surface area is 233 Å². The highest BCUT2D eigenvalue weighted by atomic mass is 35.5. The second-order valence-electron chi connectivity index (χ2n) is 10.3. The summed E-state index contributed by atoms with van der Waals surface area (Å²) in [6.07, 6.45) is 3.53. The molecule has 0 unspecified atom stereocenters. The van der Waals surface area contributed by atoms with E-state index in [1.807, 2.05) is 0 Å². The van der Waals surface area contributed by atoms with E-state index in [1.54, 1.807) is 65.6 Å². The summed E-state index contributed by atoms with van der Waals surface area (Å²) in [5.41, 5.74) is 0.241. The van der Waals surface area contributed by atoms with Crippen LogP contribution in [0.3, 0.4) is 0 Å². The van der Waals surface area contributed by atoms with Crippen LogP contribution >= 0.6 is 11.6 Å². The lowest BCUT2D eigenvalue weighted by atomic mass is 9.64. The van der Waals surface area contributed by atoms with Crippen molar-refractivity contribution < 1.29 is 23.2 Å². The number of rotatable bonds is 3. The van der Waals surface area contributed by atoms with E-state index in [0.29, 0.717) is 16.3 Å². The average molecular weight is 552 g/mol. The van der Waals surface area contributed by atoms with Gasteiger partial charge in [-0.2, -0.15) is 0 Å². The van der Waals surface area contributed by atoms with Crippen molar-refractivity contribution in [2.45, 2.75) is 18.0 Å². The van der Waals surface area contributed by atoms with Crippen LogP contribution in [0.25, 0.3) is 6.08 Å². The van der Waals surface area contributed by atoms with Gasteiger partial charge in [0.05, 0.1) is 6.04 Å². The Kier molecular flexibility index (Phi) is 5.41.